The van der Waals surface area contributed by atoms with Crippen LogP contribution in [0.15, 0.2) is 52.0 Å². The maximum atomic E-state index is 12.6. The molecule has 0 saturated carbocycles. The number of amides is 3. The summed E-state index contributed by atoms with van der Waals surface area (Å²) in [6.07, 6.45) is 2.71. The molecule has 170 valence electrons. The molecule has 2 aromatic rings. The van der Waals surface area contributed by atoms with Gasteiger partial charge < -0.3 is 19.1 Å². The second kappa shape index (κ2) is 9.13. The Hall–Kier alpha value is -3.18. The van der Waals surface area contributed by atoms with E-state index in [4.69, 9.17) is 4.42 Å². The lowest BCUT2D eigenvalue weighted by molar-refractivity contribution is -0.131. The van der Waals surface area contributed by atoms with Crippen molar-refractivity contribution < 1.29 is 27.2 Å². The van der Waals surface area contributed by atoms with Crippen LogP contribution in [0.5, 0.6) is 0 Å². The van der Waals surface area contributed by atoms with Gasteiger partial charge in [-0.2, -0.15) is 0 Å². The molecule has 0 aliphatic carbocycles. The molecule has 10 nitrogen and oxygen atoms in total. The van der Waals surface area contributed by atoms with Gasteiger partial charge in [0.05, 0.1) is 17.7 Å². The Bertz CT molecular complexity index is 1090. The van der Waals surface area contributed by atoms with Gasteiger partial charge in [0.1, 0.15) is 0 Å². The van der Waals surface area contributed by atoms with Gasteiger partial charge >= 0.3 is 0 Å². The highest BCUT2D eigenvalue weighted by molar-refractivity contribution is 7.89. The zero-order valence-corrected chi connectivity index (χ0v) is 18.2. The van der Waals surface area contributed by atoms with Gasteiger partial charge in [-0.05, 0) is 42.8 Å². The zero-order chi connectivity index (χ0) is 22.7. The lowest BCUT2D eigenvalue weighted by atomic mass is 10.3. The fraction of sp³-hybridized carbons (Fsp3) is 0.381. The van der Waals surface area contributed by atoms with Gasteiger partial charge in [-0.3, -0.25) is 14.4 Å². The number of furan rings is 1. The maximum Gasteiger partial charge on any atom is 0.289 e. The minimum absolute atomic E-state index is 0.0227. The average Bonchev–Trinajstić information content (AvgIpc) is 3.49. The fourth-order valence-electron chi connectivity index (χ4n) is 3.79. The SMILES string of the molecule is O=C(CNS(=O)(=O)c1ccc(N2CCCC2=O)cc1)N1CCN(C(=O)c2ccco2)CC1. The Balaban J connectivity index is 1.29. The van der Waals surface area contributed by atoms with E-state index in [-0.39, 0.29) is 34.9 Å². The Morgan fingerprint density at radius 2 is 1.66 bits per heavy atom. The number of anilines is 1. The van der Waals surface area contributed by atoms with Crippen molar-refractivity contribution in [2.24, 2.45) is 0 Å². The summed E-state index contributed by atoms with van der Waals surface area (Å²) in [5.41, 5.74) is 0.657. The third-order valence-electron chi connectivity index (χ3n) is 5.60. The van der Waals surface area contributed by atoms with E-state index < -0.39 is 10.0 Å². The summed E-state index contributed by atoms with van der Waals surface area (Å²) in [6.45, 7) is 1.55. The molecule has 32 heavy (non-hydrogen) atoms. The predicted molar refractivity (Wildman–Crippen MR) is 114 cm³/mol. The van der Waals surface area contributed by atoms with E-state index in [1.807, 2.05) is 0 Å². The summed E-state index contributed by atoms with van der Waals surface area (Å²) in [5, 5.41) is 0. The molecule has 0 radical (unpaired) electrons. The summed E-state index contributed by atoms with van der Waals surface area (Å²) in [6, 6.07) is 9.26. The monoisotopic (exact) mass is 460 g/mol. The smallest absolute Gasteiger partial charge is 0.289 e. The van der Waals surface area contributed by atoms with Gasteiger partial charge in [0, 0.05) is 44.8 Å². The number of hydrogen-bond donors (Lipinski definition) is 1. The lowest BCUT2D eigenvalue weighted by Gasteiger charge is -2.34. The second-order valence-corrected chi connectivity index (χ2v) is 9.38. The van der Waals surface area contributed by atoms with Gasteiger partial charge in [0.15, 0.2) is 5.76 Å². The molecule has 3 amide bonds. The molecule has 1 N–H and O–H groups in total. The van der Waals surface area contributed by atoms with Gasteiger partial charge in [0.2, 0.25) is 21.8 Å². The van der Waals surface area contributed by atoms with Crippen molar-refractivity contribution in [2.75, 3.05) is 44.2 Å². The minimum atomic E-state index is -3.88. The molecule has 0 spiro atoms. The molecule has 4 rings (SSSR count). The van der Waals surface area contributed by atoms with Crippen molar-refractivity contribution in [3.63, 3.8) is 0 Å². The van der Waals surface area contributed by atoms with Crippen molar-refractivity contribution in [1.29, 1.82) is 0 Å². The van der Waals surface area contributed by atoms with Crippen molar-refractivity contribution in [2.45, 2.75) is 17.7 Å². The third-order valence-corrected chi connectivity index (χ3v) is 7.01. The number of rotatable bonds is 6. The van der Waals surface area contributed by atoms with E-state index in [2.05, 4.69) is 4.72 Å². The highest BCUT2D eigenvalue weighted by atomic mass is 32.2. The number of nitrogens with one attached hydrogen (secondary N) is 1. The first-order valence-corrected chi connectivity index (χ1v) is 11.8. The summed E-state index contributed by atoms with van der Waals surface area (Å²) < 4.78 is 32.6. The number of sulfonamides is 1. The number of nitrogens with zero attached hydrogens (tertiary/aromatic N) is 3. The number of benzene rings is 1. The van der Waals surface area contributed by atoms with E-state index in [1.165, 1.54) is 23.3 Å². The van der Waals surface area contributed by atoms with E-state index in [0.717, 1.165) is 6.42 Å². The van der Waals surface area contributed by atoms with E-state index in [0.29, 0.717) is 44.8 Å². The van der Waals surface area contributed by atoms with Gasteiger partial charge in [-0.1, -0.05) is 0 Å². The zero-order valence-electron chi connectivity index (χ0n) is 17.4. The quantitative estimate of drug-likeness (QED) is 0.677. The standard InChI is InChI=1S/C21H24N4O6S/c26-19-4-1-9-25(19)16-5-7-17(8-6-16)32(29,30)22-15-20(27)23-10-12-24(13-11-23)21(28)18-3-2-14-31-18/h2-3,5-8,14,22H,1,4,9-13,15H2. The van der Waals surface area contributed by atoms with Crippen LogP contribution >= 0.6 is 0 Å². The highest BCUT2D eigenvalue weighted by Crippen LogP contribution is 2.23. The van der Waals surface area contributed by atoms with Gasteiger partial charge in [-0.15, -0.1) is 0 Å². The molecule has 1 aromatic heterocycles. The van der Waals surface area contributed by atoms with Gasteiger partial charge in [-0.25, -0.2) is 13.1 Å². The molecule has 3 heterocycles. The largest absolute Gasteiger partial charge is 0.459 e. The normalized spacial score (nSPS) is 17.1. The molecule has 11 heteroatoms. The van der Waals surface area contributed by atoms with Crippen LogP contribution in [0.4, 0.5) is 5.69 Å². The Kier molecular flexibility index (Phi) is 6.28. The van der Waals surface area contributed by atoms with Crippen LogP contribution in [-0.4, -0.2) is 75.2 Å². The highest BCUT2D eigenvalue weighted by Gasteiger charge is 2.27. The number of carbonyl (C=O) groups is 3. The minimum Gasteiger partial charge on any atom is -0.459 e. The van der Waals surface area contributed by atoms with Crippen LogP contribution in [0.1, 0.15) is 23.4 Å². The molecule has 2 aliphatic heterocycles. The van der Waals surface area contributed by atoms with Crippen LogP contribution < -0.4 is 9.62 Å². The molecule has 2 saturated heterocycles. The number of carbonyl (C=O) groups excluding carboxylic acids is 3. The molecule has 2 aliphatic rings. The van der Waals surface area contributed by atoms with Crippen LogP contribution in [0.25, 0.3) is 0 Å². The topological polar surface area (TPSA) is 120 Å². The Morgan fingerprint density at radius 3 is 2.25 bits per heavy atom. The lowest BCUT2D eigenvalue weighted by Crippen LogP contribution is -2.52. The molecule has 0 unspecified atom stereocenters. The molecule has 0 atom stereocenters. The summed E-state index contributed by atoms with van der Waals surface area (Å²) in [7, 11) is -3.88. The van der Waals surface area contributed by atoms with E-state index >= 15 is 0 Å². The summed E-state index contributed by atoms with van der Waals surface area (Å²) in [4.78, 5) is 41.4. The van der Waals surface area contributed by atoms with E-state index in [9.17, 15) is 22.8 Å². The van der Waals surface area contributed by atoms with Crippen molar-refractivity contribution in [3.05, 3.63) is 48.4 Å². The van der Waals surface area contributed by atoms with Crippen molar-refractivity contribution in [3.8, 4) is 0 Å². The van der Waals surface area contributed by atoms with Crippen molar-refractivity contribution in [1.82, 2.24) is 14.5 Å². The first-order chi connectivity index (χ1) is 15.3. The molecule has 0 bridgehead atoms. The third kappa shape index (κ3) is 4.68. The van der Waals surface area contributed by atoms with Crippen LogP contribution in [0.2, 0.25) is 0 Å². The number of piperazine rings is 1. The van der Waals surface area contributed by atoms with Gasteiger partial charge in [0.25, 0.3) is 5.91 Å². The molecule has 2 fully saturated rings. The van der Waals surface area contributed by atoms with Crippen molar-refractivity contribution >= 4 is 33.4 Å². The summed E-state index contributed by atoms with van der Waals surface area (Å²) in [5.74, 6) is -0.326. The molecule has 1 aromatic carbocycles. The molecular formula is C21H24N4O6S. The van der Waals surface area contributed by atoms with Crippen LogP contribution in [0, 0.1) is 0 Å². The molecular weight excluding hydrogens is 436 g/mol. The van der Waals surface area contributed by atoms with Crippen LogP contribution in [-0.2, 0) is 19.6 Å². The second-order valence-electron chi connectivity index (χ2n) is 7.62. The number of hydrogen-bond acceptors (Lipinski definition) is 6. The fourth-order valence-corrected chi connectivity index (χ4v) is 4.77. The maximum absolute atomic E-state index is 12.6. The average molecular weight is 461 g/mol. The Morgan fingerprint density at radius 1 is 0.969 bits per heavy atom. The predicted octanol–water partition coefficient (Wildman–Crippen LogP) is 0.669. The van der Waals surface area contributed by atoms with Crippen LogP contribution in [0.3, 0.4) is 0 Å². The van der Waals surface area contributed by atoms with E-state index in [1.54, 1.807) is 34.1 Å². The summed E-state index contributed by atoms with van der Waals surface area (Å²) >= 11 is 0. The first-order valence-electron chi connectivity index (χ1n) is 10.4. The Labute approximate surface area is 185 Å². The first kappa shape index (κ1) is 22.0.